The third-order valence-electron chi connectivity index (χ3n) is 5.42. The molecule has 0 spiro atoms. The van der Waals surface area contributed by atoms with Gasteiger partial charge in [0.2, 0.25) is 0 Å². The Bertz CT molecular complexity index is 1550. The number of aromatic nitrogens is 1. The Balaban J connectivity index is 1.42. The number of alkyl halides is 3. The van der Waals surface area contributed by atoms with E-state index in [1.807, 2.05) is 24.3 Å². The summed E-state index contributed by atoms with van der Waals surface area (Å²) in [5.74, 6) is -0.382. The smallest absolute Gasteiger partial charge is 0.321 e. The summed E-state index contributed by atoms with van der Waals surface area (Å²) in [4.78, 5) is 30.8. The van der Waals surface area contributed by atoms with E-state index in [1.54, 1.807) is 48.4 Å². The highest BCUT2D eigenvalue weighted by Crippen LogP contribution is 2.35. The molecular weight excluding hydrogens is 629 g/mol. The zero-order chi connectivity index (χ0) is 28.7. The topological polar surface area (TPSA) is 83.5 Å². The molecule has 2 amide bonds. The van der Waals surface area contributed by atoms with Gasteiger partial charge in [0.15, 0.2) is 0 Å². The summed E-state index contributed by atoms with van der Waals surface area (Å²) in [6.07, 6.45) is -0.113. The van der Waals surface area contributed by atoms with Crippen LogP contribution >= 0.6 is 39.3 Å². The monoisotopic (exact) mass is 646 g/mol. The lowest BCUT2D eigenvalue weighted by Crippen LogP contribution is -2.21. The van der Waals surface area contributed by atoms with Gasteiger partial charge in [-0.05, 0) is 65.7 Å². The van der Waals surface area contributed by atoms with E-state index in [2.05, 4.69) is 36.8 Å². The standard InChI is InChI=1S/C28H19BrClF3N4O2S/c29-20-6-8-25(36-26(38)19-4-1-17(2-5-19)16-40-21-9-11-34-12-10-21)22(14-20)27(39)37-35-15-18-3-7-24(30)23(13-18)28(31,32)33/h1-15H,16H2,(H,36,38)(H,37,39). The van der Waals surface area contributed by atoms with Gasteiger partial charge >= 0.3 is 6.18 Å². The minimum Gasteiger partial charge on any atom is -0.321 e. The molecule has 0 saturated carbocycles. The fourth-order valence-corrected chi connectivity index (χ4v) is 4.85. The van der Waals surface area contributed by atoms with Crippen molar-refractivity contribution in [2.75, 3.05) is 5.32 Å². The molecule has 0 bridgehead atoms. The van der Waals surface area contributed by atoms with Crippen LogP contribution < -0.4 is 10.7 Å². The van der Waals surface area contributed by atoms with Crippen molar-refractivity contribution in [3.05, 3.63) is 123 Å². The molecule has 12 heteroatoms. The van der Waals surface area contributed by atoms with Crippen molar-refractivity contribution in [2.24, 2.45) is 5.10 Å². The Labute approximate surface area is 245 Å². The number of rotatable bonds is 8. The average molecular weight is 648 g/mol. The molecule has 3 aromatic carbocycles. The Morgan fingerprint density at radius 3 is 2.40 bits per heavy atom. The number of amides is 2. The van der Waals surface area contributed by atoms with Gasteiger partial charge in [0.1, 0.15) is 0 Å². The number of thioether (sulfide) groups is 1. The van der Waals surface area contributed by atoms with E-state index in [0.29, 0.717) is 10.0 Å². The largest absolute Gasteiger partial charge is 0.417 e. The molecule has 0 fully saturated rings. The summed E-state index contributed by atoms with van der Waals surface area (Å²) in [5, 5.41) is 6.04. The highest BCUT2D eigenvalue weighted by Gasteiger charge is 2.33. The quantitative estimate of drug-likeness (QED) is 0.116. The highest BCUT2D eigenvalue weighted by molar-refractivity contribution is 9.10. The first-order chi connectivity index (χ1) is 19.1. The number of benzene rings is 3. The lowest BCUT2D eigenvalue weighted by molar-refractivity contribution is -0.137. The van der Waals surface area contributed by atoms with Crippen molar-refractivity contribution in [2.45, 2.75) is 16.8 Å². The second-order valence-electron chi connectivity index (χ2n) is 8.25. The number of nitrogens with one attached hydrogen (secondary N) is 2. The molecule has 4 aromatic rings. The van der Waals surface area contributed by atoms with E-state index in [-0.39, 0.29) is 16.8 Å². The molecule has 0 aliphatic rings. The number of halogens is 5. The Hall–Kier alpha value is -3.67. The van der Waals surface area contributed by atoms with E-state index >= 15 is 0 Å². The fourth-order valence-electron chi connectivity index (χ4n) is 3.43. The lowest BCUT2D eigenvalue weighted by atomic mass is 10.1. The number of hydrogen-bond acceptors (Lipinski definition) is 5. The van der Waals surface area contributed by atoms with Crippen molar-refractivity contribution < 1.29 is 22.8 Å². The normalized spacial score (nSPS) is 11.4. The van der Waals surface area contributed by atoms with Gasteiger partial charge in [0, 0.05) is 33.1 Å². The van der Waals surface area contributed by atoms with Crippen LogP contribution in [0.5, 0.6) is 0 Å². The van der Waals surface area contributed by atoms with E-state index in [4.69, 9.17) is 11.6 Å². The second-order valence-corrected chi connectivity index (χ2v) is 10.6. The van der Waals surface area contributed by atoms with Crippen LogP contribution in [0.3, 0.4) is 0 Å². The first-order valence-corrected chi connectivity index (χ1v) is 13.7. The summed E-state index contributed by atoms with van der Waals surface area (Å²) in [6.45, 7) is 0. The molecule has 0 radical (unpaired) electrons. The van der Waals surface area contributed by atoms with Gasteiger partial charge in [-0.15, -0.1) is 11.8 Å². The molecule has 0 unspecified atom stereocenters. The van der Waals surface area contributed by atoms with Gasteiger partial charge in [-0.2, -0.15) is 18.3 Å². The Morgan fingerprint density at radius 1 is 0.975 bits per heavy atom. The third kappa shape index (κ3) is 7.93. The van der Waals surface area contributed by atoms with E-state index in [0.717, 1.165) is 34.6 Å². The van der Waals surface area contributed by atoms with Crippen molar-refractivity contribution in [3.63, 3.8) is 0 Å². The first kappa shape index (κ1) is 29.3. The molecule has 0 saturated heterocycles. The highest BCUT2D eigenvalue weighted by atomic mass is 79.9. The second kappa shape index (κ2) is 13.1. The van der Waals surface area contributed by atoms with Crippen LogP contribution in [-0.4, -0.2) is 23.0 Å². The minimum atomic E-state index is -4.63. The Kier molecular flexibility index (Phi) is 9.62. The SMILES string of the molecule is O=C(Nc1ccc(Br)cc1C(=O)NN=Cc1ccc(Cl)c(C(F)(F)F)c1)c1ccc(CSc2ccncc2)cc1. The minimum absolute atomic E-state index is 0.0856. The van der Waals surface area contributed by atoms with Gasteiger partial charge in [-0.1, -0.05) is 45.7 Å². The number of carbonyl (C=O) groups is 2. The lowest BCUT2D eigenvalue weighted by Gasteiger charge is -2.11. The molecule has 0 aliphatic carbocycles. The summed E-state index contributed by atoms with van der Waals surface area (Å²) >= 11 is 10.6. The summed E-state index contributed by atoms with van der Waals surface area (Å²) in [6, 6.07) is 18.9. The fraction of sp³-hybridized carbons (Fsp3) is 0.0714. The Morgan fingerprint density at radius 2 is 1.70 bits per heavy atom. The van der Waals surface area contributed by atoms with Crippen LogP contribution in [0.15, 0.2) is 99.7 Å². The maximum atomic E-state index is 13.1. The average Bonchev–Trinajstić information content (AvgIpc) is 2.94. The van der Waals surface area contributed by atoms with Gasteiger partial charge in [0.05, 0.1) is 28.1 Å². The molecule has 0 atom stereocenters. The van der Waals surface area contributed by atoms with E-state index in [9.17, 15) is 22.8 Å². The number of pyridine rings is 1. The zero-order valence-electron chi connectivity index (χ0n) is 20.4. The number of hydrogen-bond donors (Lipinski definition) is 2. The maximum absolute atomic E-state index is 13.1. The van der Waals surface area contributed by atoms with Crippen molar-refractivity contribution in [3.8, 4) is 0 Å². The summed E-state index contributed by atoms with van der Waals surface area (Å²) < 4.78 is 39.8. The van der Waals surface area contributed by atoms with E-state index in [1.165, 1.54) is 12.1 Å². The molecular formula is C28H19BrClF3N4O2S. The summed E-state index contributed by atoms with van der Waals surface area (Å²) in [7, 11) is 0. The maximum Gasteiger partial charge on any atom is 0.417 e. The van der Waals surface area contributed by atoms with Gasteiger partial charge in [0.25, 0.3) is 11.8 Å². The predicted molar refractivity (Wildman–Crippen MR) is 154 cm³/mol. The zero-order valence-corrected chi connectivity index (χ0v) is 23.5. The molecule has 40 heavy (non-hydrogen) atoms. The predicted octanol–water partition coefficient (Wildman–Crippen LogP) is 7.82. The van der Waals surface area contributed by atoms with Crippen LogP contribution in [0.2, 0.25) is 5.02 Å². The number of hydrazone groups is 1. The van der Waals surface area contributed by atoms with Crippen LogP contribution in [0.4, 0.5) is 18.9 Å². The molecule has 6 nitrogen and oxygen atoms in total. The number of carbonyl (C=O) groups excluding carboxylic acids is 2. The first-order valence-electron chi connectivity index (χ1n) is 11.5. The summed E-state index contributed by atoms with van der Waals surface area (Å²) in [5.41, 5.74) is 3.10. The third-order valence-corrected chi connectivity index (χ3v) is 7.33. The van der Waals surface area contributed by atoms with Crippen LogP contribution in [0, 0.1) is 0 Å². The van der Waals surface area contributed by atoms with Gasteiger partial charge in [-0.25, -0.2) is 5.43 Å². The number of nitrogens with zero attached hydrogens (tertiary/aromatic N) is 2. The molecule has 2 N–H and O–H groups in total. The van der Waals surface area contributed by atoms with Crippen molar-refractivity contribution >= 4 is 63.0 Å². The van der Waals surface area contributed by atoms with Crippen LogP contribution in [-0.2, 0) is 11.9 Å². The van der Waals surface area contributed by atoms with Crippen molar-refractivity contribution in [1.82, 2.24) is 10.4 Å². The van der Waals surface area contributed by atoms with Crippen molar-refractivity contribution in [1.29, 1.82) is 0 Å². The van der Waals surface area contributed by atoms with Gasteiger partial charge < -0.3 is 5.32 Å². The van der Waals surface area contributed by atoms with E-state index < -0.39 is 28.6 Å². The molecule has 4 rings (SSSR count). The molecule has 204 valence electrons. The molecule has 1 aromatic heterocycles. The molecule has 0 aliphatic heterocycles. The van der Waals surface area contributed by atoms with Crippen LogP contribution in [0.25, 0.3) is 0 Å². The molecule has 1 heterocycles. The number of anilines is 1. The van der Waals surface area contributed by atoms with Gasteiger partial charge in [-0.3, -0.25) is 14.6 Å². The van der Waals surface area contributed by atoms with Crippen LogP contribution in [0.1, 0.15) is 37.4 Å².